The number of benzene rings is 1. The number of hydrogen-bond acceptors (Lipinski definition) is 5. The van der Waals surface area contributed by atoms with Crippen LogP contribution in [0.25, 0.3) is 0 Å². The molecule has 2 aromatic rings. The van der Waals surface area contributed by atoms with Crippen molar-refractivity contribution in [3.05, 3.63) is 40.1 Å². The van der Waals surface area contributed by atoms with E-state index in [4.69, 9.17) is 28.2 Å². The van der Waals surface area contributed by atoms with Gasteiger partial charge in [0, 0.05) is 10.9 Å². The highest BCUT2D eigenvalue weighted by molar-refractivity contribution is 7.99. The zero-order chi connectivity index (χ0) is 18.1. The molecule has 138 valence electrons. The van der Waals surface area contributed by atoms with E-state index in [2.05, 4.69) is 15.6 Å². The first-order chi connectivity index (χ1) is 12.6. The smallest absolute Gasteiger partial charge is 0.145 e. The summed E-state index contributed by atoms with van der Waals surface area (Å²) in [5.74, 6) is 2.29. The van der Waals surface area contributed by atoms with Gasteiger partial charge in [0.15, 0.2) is 0 Å². The lowest BCUT2D eigenvalue weighted by molar-refractivity contribution is 0.458. The van der Waals surface area contributed by atoms with Crippen molar-refractivity contribution >= 4 is 40.8 Å². The summed E-state index contributed by atoms with van der Waals surface area (Å²) < 4.78 is 0. The SMILES string of the molecule is Cc1nc(NC2C3CCNCC2CC3)cnc1Sc1cccc(Cl)c1Cl. The maximum atomic E-state index is 6.29. The van der Waals surface area contributed by atoms with Crippen molar-refractivity contribution < 1.29 is 0 Å². The standard InChI is InChI=1S/C19H22Cl2N4S/c1-11-19(26-15-4-2-3-14(20)17(15)21)23-10-16(24-11)25-18-12-5-6-13(18)9-22-8-7-12/h2-4,10,12-13,18,22H,5-9H2,1H3,(H,24,25). The predicted octanol–water partition coefficient (Wildman–Crippen LogP) is 5.04. The van der Waals surface area contributed by atoms with Gasteiger partial charge in [-0.3, -0.25) is 0 Å². The highest BCUT2D eigenvalue weighted by Crippen LogP contribution is 2.38. The van der Waals surface area contributed by atoms with Crippen LogP contribution in [0.3, 0.4) is 0 Å². The number of halogens is 2. The van der Waals surface area contributed by atoms with Crippen LogP contribution >= 0.6 is 35.0 Å². The normalized spacial score (nSPS) is 25.1. The maximum Gasteiger partial charge on any atom is 0.145 e. The molecule has 4 rings (SSSR count). The van der Waals surface area contributed by atoms with Crippen LogP contribution in [0.2, 0.25) is 10.0 Å². The number of nitrogens with one attached hydrogen (secondary N) is 2. The Balaban J connectivity index is 1.50. The molecular weight excluding hydrogens is 387 g/mol. The van der Waals surface area contributed by atoms with Gasteiger partial charge in [-0.2, -0.15) is 0 Å². The number of nitrogens with zero attached hydrogens (tertiary/aromatic N) is 2. The molecule has 0 amide bonds. The van der Waals surface area contributed by atoms with E-state index in [0.29, 0.717) is 22.0 Å². The Labute approximate surface area is 168 Å². The van der Waals surface area contributed by atoms with E-state index in [1.54, 1.807) is 6.07 Å². The quantitative estimate of drug-likeness (QED) is 0.741. The van der Waals surface area contributed by atoms with Crippen LogP contribution in [-0.2, 0) is 0 Å². The minimum atomic E-state index is 0.500. The Morgan fingerprint density at radius 1 is 1.19 bits per heavy atom. The molecular formula is C19H22Cl2N4S. The molecule has 0 spiro atoms. The lowest BCUT2D eigenvalue weighted by Gasteiger charge is -2.24. The zero-order valence-electron chi connectivity index (χ0n) is 14.6. The fourth-order valence-corrected chi connectivity index (χ4v) is 5.34. The van der Waals surface area contributed by atoms with E-state index in [1.165, 1.54) is 31.0 Å². The van der Waals surface area contributed by atoms with E-state index in [9.17, 15) is 0 Å². The van der Waals surface area contributed by atoms with E-state index in [0.717, 1.165) is 40.4 Å². The van der Waals surface area contributed by atoms with E-state index in [1.807, 2.05) is 25.3 Å². The third-order valence-electron chi connectivity index (χ3n) is 5.36. The molecule has 1 aliphatic carbocycles. The molecule has 1 aromatic heterocycles. The van der Waals surface area contributed by atoms with Crippen LogP contribution < -0.4 is 10.6 Å². The van der Waals surface area contributed by atoms with Crippen LogP contribution in [0.4, 0.5) is 5.82 Å². The van der Waals surface area contributed by atoms with Gasteiger partial charge in [-0.15, -0.1) is 0 Å². The molecule has 2 N–H and O–H groups in total. The summed E-state index contributed by atoms with van der Waals surface area (Å²) in [6.07, 6.45) is 5.69. The van der Waals surface area contributed by atoms with Crippen molar-refractivity contribution in [1.82, 2.24) is 15.3 Å². The molecule has 2 bridgehead atoms. The van der Waals surface area contributed by atoms with Gasteiger partial charge in [0.05, 0.1) is 21.9 Å². The van der Waals surface area contributed by atoms with Crippen LogP contribution in [0.5, 0.6) is 0 Å². The summed E-state index contributed by atoms with van der Waals surface area (Å²) in [6, 6.07) is 6.13. The summed E-state index contributed by atoms with van der Waals surface area (Å²) in [7, 11) is 0. The van der Waals surface area contributed by atoms with Gasteiger partial charge in [-0.25, -0.2) is 9.97 Å². The highest BCUT2D eigenvalue weighted by Gasteiger charge is 2.37. The van der Waals surface area contributed by atoms with Gasteiger partial charge < -0.3 is 10.6 Å². The Hall–Kier alpha value is -1.01. The van der Waals surface area contributed by atoms with Crippen molar-refractivity contribution in [2.24, 2.45) is 11.8 Å². The molecule has 2 fully saturated rings. The van der Waals surface area contributed by atoms with Gasteiger partial charge in [0.2, 0.25) is 0 Å². The second kappa shape index (κ2) is 7.93. The molecule has 0 radical (unpaired) electrons. The monoisotopic (exact) mass is 408 g/mol. The first-order valence-corrected chi connectivity index (χ1v) is 10.6. The van der Waals surface area contributed by atoms with Crippen molar-refractivity contribution in [3.8, 4) is 0 Å². The fraction of sp³-hybridized carbons (Fsp3) is 0.474. The third-order valence-corrected chi connectivity index (χ3v) is 7.45. The van der Waals surface area contributed by atoms with Gasteiger partial charge in [-0.05, 0) is 63.2 Å². The third kappa shape index (κ3) is 3.81. The van der Waals surface area contributed by atoms with Crippen LogP contribution in [0, 0.1) is 18.8 Å². The summed E-state index contributed by atoms with van der Waals surface area (Å²) in [5, 5.41) is 9.18. The van der Waals surface area contributed by atoms with E-state index < -0.39 is 0 Å². The van der Waals surface area contributed by atoms with Gasteiger partial charge in [-0.1, -0.05) is 41.0 Å². The minimum Gasteiger partial charge on any atom is -0.365 e. The van der Waals surface area contributed by atoms with Crippen LogP contribution in [-0.4, -0.2) is 29.1 Å². The van der Waals surface area contributed by atoms with Crippen molar-refractivity contribution in [3.63, 3.8) is 0 Å². The first-order valence-electron chi connectivity index (χ1n) is 9.04. The lowest BCUT2D eigenvalue weighted by atomic mass is 9.96. The zero-order valence-corrected chi connectivity index (χ0v) is 17.0. The number of anilines is 1. The molecule has 26 heavy (non-hydrogen) atoms. The van der Waals surface area contributed by atoms with E-state index >= 15 is 0 Å². The maximum absolute atomic E-state index is 6.29. The van der Waals surface area contributed by atoms with Gasteiger partial charge in [0.1, 0.15) is 10.8 Å². The Kier molecular flexibility index (Phi) is 5.60. The molecule has 1 aliphatic heterocycles. The first kappa shape index (κ1) is 18.4. The summed E-state index contributed by atoms with van der Waals surface area (Å²) in [4.78, 5) is 10.3. The van der Waals surface area contributed by atoms with Crippen molar-refractivity contribution in [2.75, 3.05) is 18.4 Å². The Morgan fingerprint density at radius 2 is 2.04 bits per heavy atom. The average Bonchev–Trinajstić information content (AvgIpc) is 2.86. The largest absolute Gasteiger partial charge is 0.365 e. The average molecular weight is 409 g/mol. The minimum absolute atomic E-state index is 0.500. The molecule has 3 atom stereocenters. The summed E-state index contributed by atoms with van der Waals surface area (Å²) in [6.45, 7) is 4.21. The molecule has 4 nitrogen and oxygen atoms in total. The van der Waals surface area contributed by atoms with Gasteiger partial charge >= 0.3 is 0 Å². The second-order valence-electron chi connectivity index (χ2n) is 7.06. The van der Waals surface area contributed by atoms with Crippen molar-refractivity contribution in [2.45, 2.75) is 42.1 Å². The van der Waals surface area contributed by atoms with Crippen molar-refractivity contribution in [1.29, 1.82) is 0 Å². The molecule has 1 saturated heterocycles. The molecule has 7 heteroatoms. The summed E-state index contributed by atoms with van der Waals surface area (Å²) in [5.41, 5.74) is 0.898. The van der Waals surface area contributed by atoms with Crippen LogP contribution in [0.15, 0.2) is 34.3 Å². The molecule has 1 aromatic carbocycles. The number of hydrogen-bond donors (Lipinski definition) is 2. The summed E-state index contributed by atoms with van der Waals surface area (Å²) >= 11 is 13.9. The van der Waals surface area contributed by atoms with Crippen LogP contribution in [0.1, 0.15) is 25.0 Å². The number of aryl methyl sites for hydroxylation is 1. The fourth-order valence-electron chi connectivity index (χ4n) is 4.01. The lowest BCUT2D eigenvalue weighted by Crippen LogP contribution is -2.32. The molecule has 3 unspecified atom stereocenters. The molecule has 2 aliphatic rings. The van der Waals surface area contributed by atoms with Gasteiger partial charge in [0.25, 0.3) is 0 Å². The number of aromatic nitrogens is 2. The number of rotatable bonds is 4. The molecule has 1 saturated carbocycles. The second-order valence-corrected chi connectivity index (χ2v) is 8.88. The molecule has 2 heterocycles. The number of fused-ring (bicyclic) bond motifs is 2. The highest BCUT2D eigenvalue weighted by atomic mass is 35.5. The Bertz CT molecular complexity index is 787. The predicted molar refractivity (Wildman–Crippen MR) is 108 cm³/mol. The Morgan fingerprint density at radius 3 is 2.88 bits per heavy atom. The topological polar surface area (TPSA) is 49.8 Å². The van der Waals surface area contributed by atoms with E-state index in [-0.39, 0.29) is 0 Å².